The summed E-state index contributed by atoms with van der Waals surface area (Å²) in [6.45, 7) is 8.12. The molecule has 0 bridgehead atoms. The molecule has 0 saturated carbocycles. The Morgan fingerprint density at radius 1 is 1.50 bits per heavy atom. The number of methoxy groups -OCH3 is 1. The fraction of sp³-hybridized carbons (Fsp3) is 1.00. The maximum Gasteiger partial charge on any atom is 0.0593 e. The van der Waals surface area contributed by atoms with Gasteiger partial charge < -0.3 is 14.8 Å². The molecule has 2 fully saturated rings. The van der Waals surface area contributed by atoms with Gasteiger partial charge in [-0.1, -0.05) is 0 Å². The van der Waals surface area contributed by atoms with Gasteiger partial charge in [0.15, 0.2) is 0 Å². The van der Waals surface area contributed by atoms with E-state index < -0.39 is 0 Å². The van der Waals surface area contributed by atoms with E-state index in [-0.39, 0.29) is 0 Å². The molecule has 1 unspecified atom stereocenters. The molecule has 94 valence electrons. The van der Waals surface area contributed by atoms with Crippen molar-refractivity contribution in [1.82, 2.24) is 10.2 Å². The Kier molecular flexibility index (Phi) is 4.58. The van der Waals surface area contributed by atoms with Crippen LogP contribution in [0.5, 0.6) is 0 Å². The molecule has 2 rings (SSSR count). The lowest BCUT2D eigenvalue weighted by molar-refractivity contribution is 0.0475. The Bertz CT molecular complexity index is 205. The standard InChI is InChI=1S/C12H24N2O2/c1-15-7-5-14-6-8-16-11-12(10-14)3-2-4-13-9-12/h13H,2-11H2,1H3. The number of ether oxygens (including phenoxy) is 2. The highest BCUT2D eigenvalue weighted by Gasteiger charge is 2.35. The molecule has 0 radical (unpaired) electrons. The van der Waals surface area contributed by atoms with Crippen molar-refractivity contribution in [2.24, 2.45) is 5.41 Å². The van der Waals surface area contributed by atoms with Crippen LogP contribution in [0.3, 0.4) is 0 Å². The van der Waals surface area contributed by atoms with Crippen LogP contribution < -0.4 is 5.32 Å². The van der Waals surface area contributed by atoms with Crippen molar-refractivity contribution in [2.75, 3.05) is 59.7 Å². The molecule has 1 N–H and O–H groups in total. The summed E-state index contributed by atoms with van der Waals surface area (Å²) < 4.78 is 10.9. The van der Waals surface area contributed by atoms with Crippen molar-refractivity contribution in [3.05, 3.63) is 0 Å². The third-order valence-corrected chi connectivity index (χ3v) is 3.69. The Hall–Kier alpha value is -0.160. The van der Waals surface area contributed by atoms with Crippen molar-refractivity contribution in [2.45, 2.75) is 12.8 Å². The second-order valence-electron chi connectivity index (χ2n) is 5.10. The molecular weight excluding hydrogens is 204 g/mol. The summed E-state index contributed by atoms with van der Waals surface area (Å²) in [5.41, 5.74) is 0.350. The minimum Gasteiger partial charge on any atom is -0.383 e. The van der Waals surface area contributed by atoms with Gasteiger partial charge in [0.1, 0.15) is 0 Å². The lowest BCUT2D eigenvalue weighted by Gasteiger charge is -2.38. The Morgan fingerprint density at radius 3 is 3.19 bits per heavy atom. The monoisotopic (exact) mass is 228 g/mol. The van der Waals surface area contributed by atoms with Gasteiger partial charge in [-0.15, -0.1) is 0 Å². The maximum absolute atomic E-state index is 5.78. The largest absolute Gasteiger partial charge is 0.383 e. The minimum absolute atomic E-state index is 0.350. The van der Waals surface area contributed by atoms with Gasteiger partial charge in [0, 0.05) is 38.7 Å². The van der Waals surface area contributed by atoms with Gasteiger partial charge in [-0.3, -0.25) is 4.90 Å². The molecule has 1 atom stereocenters. The van der Waals surface area contributed by atoms with Gasteiger partial charge in [0.05, 0.1) is 19.8 Å². The SMILES string of the molecule is COCCN1CCOCC2(CCCNC2)C1. The zero-order chi connectivity index (χ0) is 11.3. The van der Waals surface area contributed by atoms with Gasteiger partial charge in [-0.2, -0.15) is 0 Å². The van der Waals surface area contributed by atoms with Crippen molar-refractivity contribution in [3.63, 3.8) is 0 Å². The lowest BCUT2D eigenvalue weighted by Crippen LogP contribution is -2.49. The molecule has 0 aromatic rings. The number of hydrogen-bond acceptors (Lipinski definition) is 4. The Labute approximate surface area is 98.3 Å². The van der Waals surface area contributed by atoms with Crippen LogP contribution in [0.4, 0.5) is 0 Å². The summed E-state index contributed by atoms with van der Waals surface area (Å²) in [4.78, 5) is 2.49. The smallest absolute Gasteiger partial charge is 0.0593 e. The molecule has 4 nitrogen and oxygen atoms in total. The van der Waals surface area contributed by atoms with E-state index in [1.54, 1.807) is 7.11 Å². The van der Waals surface area contributed by atoms with E-state index in [1.807, 2.05) is 0 Å². The molecule has 4 heteroatoms. The number of hydrogen-bond donors (Lipinski definition) is 1. The van der Waals surface area contributed by atoms with Gasteiger partial charge in [-0.05, 0) is 19.4 Å². The minimum atomic E-state index is 0.350. The summed E-state index contributed by atoms with van der Waals surface area (Å²) in [7, 11) is 1.77. The summed E-state index contributed by atoms with van der Waals surface area (Å²) in [5, 5.41) is 3.51. The van der Waals surface area contributed by atoms with E-state index in [0.717, 1.165) is 46.0 Å². The fourth-order valence-electron chi connectivity index (χ4n) is 2.78. The molecule has 16 heavy (non-hydrogen) atoms. The third-order valence-electron chi connectivity index (χ3n) is 3.69. The second-order valence-corrected chi connectivity index (χ2v) is 5.10. The number of piperidine rings is 1. The van der Waals surface area contributed by atoms with Crippen LogP contribution >= 0.6 is 0 Å². The normalized spacial score (nSPS) is 32.8. The van der Waals surface area contributed by atoms with Crippen LogP contribution in [0.2, 0.25) is 0 Å². The fourth-order valence-corrected chi connectivity index (χ4v) is 2.78. The highest BCUT2D eigenvalue weighted by Crippen LogP contribution is 2.29. The van der Waals surface area contributed by atoms with Crippen molar-refractivity contribution >= 4 is 0 Å². The average Bonchev–Trinajstić information content (AvgIpc) is 2.50. The predicted molar refractivity (Wildman–Crippen MR) is 63.7 cm³/mol. The summed E-state index contributed by atoms with van der Waals surface area (Å²) >= 11 is 0. The van der Waals surface area contributed by atoms with Crippen LogP contribution in [-0.4, -0.2) is 64.6 Å². The van der Waals surface area contributed by atoms with E-state index in [4.69, 9.17) is 9.47 Å². The van der Waals surface area contributed by atoms with Gasteiger partial charge >= 0.3 is 0 Å². The first-order valence-electron chi connectivity index (χ1n) is 6.34. The number of rotatable bonds is 3. The summed E-state index contributed by atoms with van der Waals surface area (Å²) in [5.74, 6) is 0. The molecule has 2 aliphatic heterocycles. The van der Waals surface area contributed by atoms with Crippen molar-refractivity contribution < 1.29 is 9.47 Å². The molecule has 0 aromatic carbocycles. The topological polar surface area (TPSA) is 33.7 Å². The zero-order valence-corrected chi connectivity index (χ0v) is 10.3. The van der Waals surface area contributed by atoms with E-state index >= 15 is 0 Å². The molecule has 2 saturated heterocycles. The van der Waals surface area contributed by atoms with Crippen LogP contribution in [0, 0.1) is 5.41 Å². The van der Waals surface area contributed by atoms with Gasteiger partial charge in [0.25, 0.3) is 0 Å². The molecule has 2 aliphatic rings. The molecule has 0 aromatic heterocycles. The molecule has 1 spiro atoms. The number of nitrogens with one attached hydrogen (secondary N) is 1. The van der Waals surface area contributed by atoms with Crippen LogP contribution in [0.25, 0.3) is 0 Å². The van der Waals surface area contributed by atoms with Gasteiger partial charge in [0.2, 0.25) is 0 Å². The average molecular weight is 228 g/mol. The first-order valence-corrected chi connectivity index (χ1v) is 6.34. The highest BCUT2D eigenvalue weighted by atomic mass is 16.5. The van der Waals surface area contributed by atoms with E-state index in [0.29, 0.717) is 5.41 Å². The predicted octanol–water partition coefficient (Wildman–Crippen LogP) is 0.335. The summed E-state index contributed by atoms with van der Waals surface area (Å²) in [6, 6.07) is 0. The second kappa shape index (κ2) is 5.96. The van der Waals surface area contributed by atoms with Crippen LogP contribution in [0.1, 0.15) is 12.8 Å². The maximum atomic E-state index is 5.78. The first-order chi connectivity index (χ1) is 7.85. The first kappa shape index (κ1) is 12.3. The quantitative estimate of drug-likeness (QED) is 0.755. The van der Waals surface area contributed by atoms with Crippen LogP contribution in [0.15, 0.2) is 0 Å². The highest BCUT2D eigenvalue weighted by molar-refractivity contribution is 4.89. The summed E-state index contributed by atoms with van der Waals surface area (Å²) in [6.07, 6.45) is 2.57. The molecule has 0 amide bonds. The molecular formula is C12H24N2O2. The van der Waals surface area contributed by atoms with Gasteiger partial charge in [-0.25, -0.2) is 0 Å². The van der Waals surface area contributed by atoms with Crippen LogP contribution in [-0.2, 0) is 9.47 Å². The molecule has 2 heterocycles. The van der Waals surface area contributed by atoms with E-state index in [2.05, 4.69) is 10.2 Å². The Morgan fingerprint density at radius 2 is 2.44 bits per heavy atom. The third kappa shape index (κ3) is 3.17. The van der Waals surface area contributed by atoms with Crippen molar-refractivity contribution in [3.8, 4) is 0 Å². The lowest BCUT2D eigenvalue weighted by atomic mass is 9.81. The van der Waals surface area contributed by atoms with E-state index in [1.165, 1.54) is 19.4 Å². The Balaban J connectivity index is 1.91. The number of nitrogens with zero attached hydrogens (tertiary/aromatic N) is 1. The molecule has 0 aliphatic carbocycles. The zero-order valence-electron chi connectivity index (χ0n) is 10.3. The van der Waals surface area contributed by atoms with Crippen molar-refractivity contribution in [1.29, 1.82) is 0 Å². The van der Waals surface area contributed by atoms with E-state index in [9.17, 15) is 0 Å².